The molecule has 3 heteroatoms. The van der Waals surface area contributed by atoms with Gasteiger partial charge in [0.05, 0.1) is 0 Å². The summed E-state index contributed by atoms with van der Waals surface area (Å²) in [6.07, 6.45) is 6.58. The molecular weight excluding hydrogens is 308 g/mol. The van der Waals surface area contributed by atoms with Crippen LogP contribution in [-0.4, -0.2) is 28.5 Å². The minimum Gasteiger partial charge on any atom is -0.337 e. The molecule has 0 unspecified atom stereocenters. The average molecular weight is 338 g/mol. The highest BCUT2D eigenvalue weighted by molar-refractivity contribution is 6.02. The fraction of sp³-hybridized carbons (Fsp3) is 0.500. The molecule has 1 aliphatic rings. The van der Waals surface area contributed by atoms with Gasteiger partial charge in [-0.25, -0.2) is 0 Å². The van der Waals surface area contributed by atoms with Crippen LogP contribution in [0.4, 0.5) is 0 Å². The third kappa shape index (κ3) is 3.37. The molecule has 0 bridgehead atoms. The normalized spacial score (nSPS) is 15.6. The Labute approximate surface area is 151 Å². The van der Waals surface area contributed by atoms with Crippen molar-refractivity contribution in [3.8, 4) is 0 Å². The Morgan fingerprint density at radius 2 is 1.88 bits per heavy atom. The summed E-state index contributed by atoms with van der Waals surface area (Å²) in [4.78, 5) is 15.4. The second-order valence-corrected chi connectivity index (χ2v) is 7.51. The summed E-state index contributed by atoms with van der Waals surface area (Å²) in [5.74, 6) is 0.667. The fourth-order valence-electron chi connectivity index (χ4n) is 3.92. The van der Waals surface area contributed by atoms with Crippen molar-refractivity contribution in [2.75, 3.05) is 13.1 Å². The molecule has 0 saturated carbocycles. The van der Waals surface area contributed by atoms with E-state index < -0.39 is 0 Å². The van der Waals surface area contributed by atoms with Crippen LogP contribution in [0.5, 0.6) is 0 Å². The number of allylic oxidation sites excluding steroid dienone is 1. The average Bonchev–Trinajstić information content (AvgIpc) is 2.78. The van der Waals surface area contributed by atoms with Gasteiger partial charge in [-0.3, -0.25) is 4.79 Å². The van der Waals surface area contributed by atoms with Crippen molar-refractivity contribution in [2.24, 2.45) is 0 Å². The van der Waals surface area contributed by atoms with Crippen LogP contribution in [0.3, 0.4) is 0 Å². The number of likely N-dealkylation sites (tertiary alicyclic amines) is 1. The highest BCUT2D eigenvalue weighted by Crippen LogP contribution is 2.30. The SMILES string of the molecule is C=CCn1c(C(=O)N2CCCCCC2)c(C)c2cc(C(C)C)ccc21. The molecule has 25 heavy (non-hydrogen) atoms. The number of aryl methyl sites for hydroxylation is 1. The van der Waals surface area contributed by atoms with E-state index in [-0.39, 0.29) is 5.91 Å². The first-order valence-corrected chi connectivity index (χ1v) is 9.57. The molecule has 0 aliphatic carbocycles. The molecular formula is C22H30N2O. The first-order chi connectivity index (χ1) is 12.0. The predicted octanol–water partition coefficient (Wildman–Crippen LogP) is 5.28. The van der Waals surface area contributed by atoms with Gasteiger partial charge in [-0.2, -0.15) is 0 Å². The number of carbonyl (C=O) groups excluding carboxylic acids is 1. The minimum atomic E-state index is 0.184. The first kappa shape index (κ1) is 17.8. The summed E-state index contributed by atoms with van der Waals surface area (Å²) in [5, 5.41) is 1.20. The zero-order valence-electron chi connectivity index (χ0n) is 15.8. The zero-order valence-corrected chi connectivity index (χ0v) is 15.8. The maximum Gasteiger partial charge on any atom is 0.270 e. The van der Waals surface area contributed by atoms with Gasteiger partial charge >= 0.3 is 0 Å². The number of hydrogen-bond acceptors (Lipinski definition) is 1. The Morgan fingerprint density at radius 3 is 2.48 bits per heavy atom. The van der Waals surface area contributed by atoms with Crippen molar-refractivity contribution in [1.82, 2.24) is 9.47 Å². The molecule has 3 rings (SSSR count). The van der Waals surface area contributed by atoms with Gasteiger partial charge in [0.15, 0.2) is 0 Å². The smallest absolute Gasteiger partial charge is 0.270 e. The molecule has 1 aliphatic heterocycles. The van der Waals surface area contributed by atoms with Crippen molar-refractivity contribution >= 4 is 16.8 Å². The molecule has 1 fully saturated rings. The predicted molar refractivity (Wildman–Crippen MR) is 105 cm³/mol. The molecule has 1 aromatic carbocycles. The largest absolute Gasteiger partial charge is 0.337 e. The summed E-state index contributed by atoms with van der Waals surface area (Å²) < 4.78 is 2.15. The lowest BCUT2D eigenvalue weighted by molar-refractivity contribution is 0.0751. The molecule has 134 valence electrons. The molecule has 0 spiro atoms. The first-order valence-electron chi connectivity index (χ1n) is 9.57. The monoisotopic (exact) mass is 338 g/mol. The van der Waals surface area contributed by atoms with Gasteiger partial charge in [0.25, 0.3) is 5.91 Å². The van der Waals surface area contributed by atoms with Crippen LogP contribution in [0.15, 0.2) is 30.9 Å². The van der Waals surface area contributed by atoms with E-state index in [0.717, 1.165) is 42.7 Å². The number of fused-ring (bicyclic) bond motifs is 1. The standard InChI is InChI=1S/C22H30N2O/c1-5-12-24-20-11-10-18(16(2)3)15-19(20)17(4)21(24)22(25)23-13-8-6-7-9-14-23/h5,10-11,15-16H,1,6-9,12-14H2,2-4H3. The van der Waals surface area contributed by atoms with Gasteiger partial charge in [-0.15, -0.1) is 6.58 Å². The van der Waals surface area contributed by atoms with Gasteiger partial charge in [-0.05, 0) is 48.9 Å². The van der Waals surface area contributed by atoms with E-state index in [4.69, 9.17) is 0 Å². The zero-order chi connectivity index (χ0) is 18.0. The highest BCUT2D eigenvalue weighted by Gasteiger charge is 2.25. The Hall–Kier alpha value is -2.03. The molecule has 0 N–H and O–H groups in total. The molecule has 2 aromatic rings. The number of aromatic nitrogens is 1. The van der Waals surface area contributed by atoms with Gasteiger partial charge < -0.3 is 9.47 Å². The molecule has 1 aromatic heterocycles. The quantitative estimate of drug-likeness (QED) is 0.697. The van der Waals surface area contributed by atoms with E-state index >= 15 is 0 Å². The Kier molecular flexibility index (Phi) is 5.31. The number of rotatable bonds is 4. The Bertz CT molecular complexity index is 777. The van der Waals surface area contributed by atoms with Crippen LogP contribution in [-0.2, 0) is 6.54 Å². The van der Waals surface area contributed by atoms with Crippen molar-refractivity contribution < 1.29 is 4.79 Å². The summed E-state index contributed by atoms with van der Waals surface area (Å²) in [6.45, 7) is 12.8. The van der Waals surface area contributed by atoms with E-state index in [2.05, 4.69) is 55.0 Å². The highest BCUT2D eigenvalue weighted by atomic mass is 16.2. The molecule has 1 amide bonds. The number of amides is 1. The number of benzene rings is 1. The van der Waals surface area contributed by atoms with E-state index in [1.165, 1.54) is 23.8 Å². The molecule has 3 nitrogen and oxygen atoms in total. The van der Waals surface area contributed by atoms with Gasteiger partial charge in [0, 0.05) is 30.5 Å². The second-order valence-electron chi connectivity index (χ2n) is 7.51. The van der Waals surface area contributed by atoms with Gasteiger partial charge in [0.2, 0.25) is 0 Å². The summed E-state index contributed by atoms with van der Waals surface area (Å²) in [7, 11) is 0. The van der Waals surface area contributed by atoms with Crippen LogP contribution >= 0.6 is 0 Å². The lowest BCUT2D eigenvalue weighted by atomic mass is 10.0. The van der Waals surface area contributed by atoms with E-state index in [1.807, 2.05) is 6.08 Å². The second kappa shape index (κ2) is 7.47. The summed E-state index contributed by atoms with van der Waals surface area (Å²) in [5.41, 5.74) is 4.41. The van der Waals surface area contributed by atoms with Gasteiger partial charge in [0.1, 0.15) is 5.69 Å². The summed E-state index contributed by atoms with van der Waals surface area (Å²) in [6, 6.07) is 6.61. The molecule has 0 atom stereocenters. The third-order valence-electron chi connectivity index (χ3n) is 5.41. The van der Waals surface area contributed by atoms with Crippen molar-refractivity contribution in [2.45, 2.75) is 58.9 Å². The minimum absolute atomic E-state index is 0.184. The van der Waals surface area contributed by atoms with Crippen molar-refractivity contribution in [3.63, 3.8) is 0 Å². The van der Waals surface area contributed by atoms with E-state index in [1.54, 1.807) is 0 Å². The maximum atomic E-state index is 13.3. The van der Waals surface area contributed by atoms with E-state index in [0.29, 0.717) is 12.5 Å². The topological polar surface area (TPSA) is 25.2 Å². The molecule has 0 radical (unpaired) electrons. The van der Waals surface area contributed by atoms with Gasteiger partial charge in [-0.1, -0.05) is 38.8 Å². The third-order valence-corrected chi connectivity index (χ3v) is 5.41. The Morgan fingerprint density at radius 1 is 1.20 bits per heavy atom. The van der Waals surface area contributed by atoms with Crippen molar-refractivity contribution in [3.05, 3.63) is 47.7 Å². The Balaban J connectivity index is 2.11. The maximum absolute atomic E-state index is 13.3. The molecule has 1 saturated heterocycles. The van der Waals surface area contributed by atoms with Crippen LogP contribution in [0.2, 0.25) is 0 Å². The van der Waals surface area contributed by atoms with Crippen LogP contribution in [0.1, 0.15) is 67.1 Å². The lowest BCUT2D eigenvalue weighted by Crippen LogP contribution is -2.33. The number of hydrogen-bond donors (Lipinski definition) is 0. The van der Waals surface area contributed by atoms with E-state index in [9.17, 15) is 4.79 Å². The lowest BCUT2D eigenvalue weighted by Gasteiger charge is -2.21. The van der Waals surface area contributed by atoms with Crippen LogP contribution in [0.25, 0.3) is 10.9 Å². The molecule has 2 heterocycles. The van der Waals surface area contributed by atoms with Crippen LogP contribution in [0, 0.1) is 6.92 Å². The fourth-order valence-corrected chi connectivity index (χ4v) is 3.92. The number of nitrogens with zero attached hydrogens (tertiary/aromatic N) is 2. The van der Waals surface area contributed by atoms with Crippen LogP contribution < -0.4 is 0 Å². The number of carbonyl (C=O) groups is 1. The van der Waals surface area contributed by atoms with Crippen molar-refractivity contribution in [1.29, 1.82) is 0 Å². The summed E-state index contributed by atoms with van der Waals surface area (Å²) >= 11 is 0.